The number of aliphatic hydroxyl groups excluding tert-OH is 1. The first-order valence-corrected chi connectivity index (χ1v) is 3.43. The van der Waals surface area contributed by atoms with Crippen LogP contribution in [0, 0.1) is 0 Å². The van der Waals surface area contributed by atoms with E-state index in [1.807, 2.05) is 5.10 Å². The van der Waals surface area contributed by atoms with Crippen LogP contribution in [0.1, 0.15) is 5.69 Å². The van der Waals surface area contributed by atoms with Crippen molar-refractivity contribution >= 4 is 0 Å². The van der Waals surface area contributed by atoms with Gasteiger partial charge in [0.2, 0.25) is 0 Å². The highest BCUT2D eigenvalue weighted by Gasteiger charge is 2.35. The smallest absolute Gasteiger partial charge is 0.394 e. The van der Waals surface area contributed by atoms with Crippen LogP contribution < -0.4 is 5.56 Å². The van der Waals surface area contributed by atoms with Crippen molar-refractivity contribution in [2.24, 2.45) is 0 Å². The molecule has 4 nitrogen and oxygen atoms in total. The predicted molar refractivity (Wildman–Crippen MR) is 37.1 cm³/mol. The highest BCUT2D eigenvalue weighted by molar-refractivity contribution is 5.05. The standard InChI is InChI=1S/C6H7F3N2O2/c7-6(8,9)4-3-5(13)10-11(4)1-2-12/h3,12H,1-2H2,(H,10,13). The Kier molecular flexibility index (Phi) is 2.46. The summed E-state index contributed by atoms with van der Waals surface area (Å²) < 4.78 is 36.9. The van der Waals surface area contributed by atoms with E-state index < -0.39 is 24.0 Å². The Morgan fingerprint density at radius 1 is 1.54 bits per heavy atom. The van der Waals surface area contributed by atoms with E-state index in [4.69, 9.17) is 5.11 Å². The number of alkyl halides is 3. The normalized spacial score (nSPS) is 12.0. The molecule has 0 aliphatic carbocycles. The number of aliphatic hydroxyl groups is 1. The van der Waals surface area contributed by atoms with E-state index in [-0.39, 0.29) is 6.54 Å². The first kappa shape index (κ1) is 9.85. The molecular weight excluding hydrogens is 189 g/mol. The summed E-state index contributed by atoms with van der Waals surface area (Å²) in [5, 5.41) is 10.3. The molecule has 0 saturated heterocycles. The van der Waals surface area contributed by atoms with Gasteiger partial charge in [-0.1, -0.05) is 0 Å². The number of aromatic amines is 1. The number of rotatable bonds is 2. The molecule has 13 heavy (non-hydrogen) atoms. The van der Waals surface area contributed by atoms with Crippen LogP contribution >= 0.6 is 0 Å². The third-order valence-corrected chi connectivity index (χ3v) is 1.42. The van der Waals surface area contributed by atoms with Crippen LogP contribution in [0.3, 0.4) is 0 Å². The van der Waals surface area contributed by atoms with Gasteiger partial charge in [-0.05, 0) is 0 Å². The lowest BCUT2D eigenvalue weighted by atomic mass is 10.4. The number of hydrogen-bond donors (Lipinski definition) is 2. The molecule has 0 spiro atoms. The Morgan fingerprint density at radius 2 is 2.15 bits per heavy atom. The summed E-state index contributed by atoms with van der Waals surface area (Å²) in [4.78, 5) is 10.6. The molecule has 0 saturated carbocycles. The second-order valence-electron chi connectivity index (χ2n) is 2.38. The van der Waals surface area contributed by atoms with Gasteiger partial charge < -0.3 is 5.11 Å². The highest BCUT2D eigenvalue weighted by atomic mass is 19.4. The Morgan fingerprint density at radius 3 is 2.62 bits per heavy atom. The summed E-state index contributed by atoms with van der Waals surface area (Å²) in [5.74, 6) is 0. The molecule has 0 bridgehead atoms. The monoisotopic (exact) mass is 196 g/mol. The predicted octanol–water partition coefficient (Wildman–Crippen LogP) is 0.188. The second-order valence-corrected chi connectivity index (χ2v) is 2.38. The van der Waals surface area contributed by atoms with Crippen molar-refractivity contribution in [1.29, 1.82) is 0 Å². The Labute approximate surface area is 70.6 Å². The van der Waals surface area contributed by atoms with E-state index in [1.165, 1.54) is 0 Å². The van der Waals surface area contributed by atoms with Gasteiger partial charge in [0.15, 0.2) is 0 Å². The maximum Gasteiger partial charge on any atom is 0.433 e. The van der Waals surface area contributed by atoms with Gasteiger partial charge in [-0.15, -0.1) is 0 Å². The second kappa shape index (κ2) is 3.25. The van der Waals surface area contributed by atoms with E-state index in [1.54, 1.807) is 0 Å². The fraction of sp³-hybridized carbons (Fsp3) is 0.500. The Bertz CT molecular complexity index is 338. The maximum absolute atomic E-state index is 12.1. The van der Waals surface area contributed by atoms with Gasteiger partial charge >= 0.3 is 6.18 Å². The summed E-state index contributed by atoms with van der Waals surface area (Å²) in [6.45, 7) is -0.745. The van der Waals surface area contributed by atoms with Crippen LogP contribution in [0.4, 0.5) is 13.2 Å². The molecule has 0 unspecified atom stereocenters. The summed E-state index contributed by atoms with van der Waals surface area (Å²) >= 11 is 0. The number of H-pyrrole nitrogens is 1. The van der Waals surface area contributed by atoms with Crippen molar-refractivity contribution in [1.82, 2.24) is 9.78 Å². The number of hydrogen-bond acceptors (Lipinski definition) is 2. The number of aromatic nitrogens is 2. The van der Waals surface area contributed by atoms with Gasteiger partial charge in [0, 0.05) is 6.07 Å². The zero-order valence-corrected chi connectivity index (χ0v) is 6.43. The number of nitrogens with one attached hydrogen (secondary N) is 1. The third kappa shape index (κ3) is 2.11. The molecular formula is C6H7F3N2O2. The summed E-state index contributed by atoms with van der Waals surface area (Å²) in [5.41, 5.74) is -1.91. The van der Waals surface area contributed by atoms with E-state index in [0.29, 0.717) is 10.7 Å². The quantitative estimate of drug-likeness (QED) is 0.709. The average Bonchev–Trinajstić information content (AvgIpc) is 2.30. The van der Waals surface area contributed by atoms with Crippen LogP contribution in [0.2, 0.25) is 0 Å². The van der Waals surface area contributed by atoms with Crippen LogP contribution in [0.25, 0.3) is 0 Å². The molecule has 1 aromatic heterocycles. The number of halogens is 3. The van der Waals surface area contributed by atoms with Crippen molar-refractivity contribution in [3.63, 3.8) is 0 Å². The van der Waals surface area contributed by atoms with E-state index in [9.17, 15) is 18.0 Å². The van der Waals surface area contributed by atoms with Crippen LogP contribution in [0.15, 0.2) is 10.9 Å². The average molecular weight is 196 g/mol. The fourth-order valence-electron chi connectivity index (χ4n) is 0.939. The SMILES string of the molecule is O=c1cc(C(F)(F)F)n(CCO)[nH]1. The minimum Gasteiger partial charge on any atom is -0.394 e. The van der Waals surface area contributed by atoms with Crippen molar-refractivity contribution in [3.05, 3.63) is 22.1 Å². The first-order chi connectivity index (χ1) is 5.95. The molecule has 2 N–H and O–H groups in total. The van der Waals surface area contributed by atoms with E-state index in [2.05, 4.69) is 0 Å². The molecule has 0 amide bonds. The fourth-order valence-corrected chi connectivity index (χ4v) is 0.939. The van der Waals surface area contributed by atoms with E-state index in [0.717, 1.165) is 0 Å². The minimum absolute atomic E-state index is 0.281. The first-order valence-electron chi connectivity index (χ1n) is 3.43. The van der Waals surface area contributed by atoms with Crippen molar-refractivity contribution in [3.8, 4) is 0 Å². The molecule has 1 heterocycles. The topological polar surface area (TPSA) is 58.0 Å². The van der Waals surface area contributed by atoms with Gasteiger partial charge in [-0.25, -0.2) is 0 Å². The lowest BCUT2D eigenvalue weighted by molar-refractivity contribution is -0.144. The molecule has 74 valence electrons. The molecule has 1 aromatic rings. The van der Waals surface area contributed by atoms with E-state index >= 15 is 0 Å². The summed E-state index contributed by atoms with van der Waals surface area (Å²) in [6.07, 6.45) is -4.58. The molecule has 0 aromatic carbocycles. The van der Waals surface area contributed by atoms with Gasteiger partial charge in [0.1, 0.15) is 5.69 Å². The molecule has 0 aliphatic rings. The maximum atomic E-state index is 12.1. The summed E-state index contributed by atoms with van der Waals surface area (Å²) in [6, 6.07) is 0.454. The number of nitrogens with zero attached hydrogens (tertiary/aromatic N) is 1. The minimum atomic E-state index is -4.58. The zero-order valence-electron chi connectivity index (χ0n) is 6.43. The van der Waals surface area contributed by atoms with Gasteiger partial charge in [-0.2, -0.15) is 13.2 Å². The van der Waals surface area contributed by atoms with Crippen molar-refractivity contribution < 1.29 is 18.3 Å². The molecule has 0 fully saturated rings. The molecule has 7 heteroatoms. The Hall–Kier alpha value is -1.24. The van der Waals surface area contributed by atoms with Gasteiger partial charge in [-0.3, -0.25) is 14.6 Å². The van der Waals surface area contributed by atoms with Crippen molar-refractivity contribution in [2.75, 3.05) is 6.61 Å². The van der Waals surface area contributed by atoms with Gasteiger partial charge in [0.25, 0.3) is 5.56 Å². The Balaban J connectivity index is 3.12. The van der Waals surface area contributed by atoms with Crippen LogP contribution in [0.5, 0.6) is 0 Å². The zero-order chi connectivity index (χ0) is 10.1. The molecule has 0 aliphatic heterocycles. The third-order valence-electron chi connectivity index (χ3n) is 1.42. The molecule has 1 rings (SSSR count). The molecule has 0 atom stereocenters. The largest absolute Gasteiger partial charge is 0.433 e. The van der Waals surface area contributed by atoms with Crippen LogP contribution in [-0.4, -0.2) is 21.5 Å². The molecule has 0 radical (unpaired) electrons. The lowest BCUT2D eigenvalue weighted by Gasteiger charge is -2.08. The van der Waals surface area contributed by atoms with Crippen LogP contribution in [-0.2, 0) is 12.7 Å². The van der Waals surface area contributed by atoms with Gasteiger partial charge in [0.05, 0.1) is 13.2 Å². The van der Waals surface area contributed by atoms with Crippen molar-refractivity contribution in [2.45, 2.75) is 12.7 Å². The summed E-state index contributed by atoms with van der Waals surface area (Å²) in [7, 11) is 0. The lowest BCUT2D eigenvalue weighted by Crippen LogP contribution is -2.16. The highest BCUT2D eigenvalue weighted by Crippen LogP contribution is 2.27.